The number of phenols is 1. The van der Waals surface area contributed by atoms with Crippen molar-refractivity contribution in [2.45, 2.75) is 62.8 Å². The maximum atomic E-state index is 15.8. The van der Waals surface area contributed by atoms with E-state index in [0.717, 1.165) is 47.5 Å². The van der Waals surface area contributed by atoms with Crippen LogP contribution < -0.4 is 16.2 Å². The van der Waals surface area contributed by atoms with Gasteiger partial charge in [0.2, 0.25) is 0 Å². The molecule has 0 radical (unpaired) electrons. The Balaban J connectivity index is 1.29. The second-order valence-corrected chi connectivity index (χ2v) is 9.46. The first-order valence-electron chi connectivity index (χ1n) is 12.0. The number of nitrogens with one attached hydrogen (secondary N) is 4. The molecule has 2 aliphatic heterocycles. The summed E-state index contributed by atoms with van der Waals surface area (Å²) in [6.45, 7) is 2.68. The third-order valence-corrected chi connectivity index (χ3v) is 7.55. The van der Waals surface area contributed by atoms with Gasteiger partial charge in [0.15, 0.2) is 0 Å². The smallest absolute Gasteiger partial charge is 0.307 e. The number of rotatable bonds is 6. The molecule has 1 saturated carbocycles. The standard InChI is InChI=1S/C25H32FN5O3/c1-3-13-9-16(32)4-5-17(13)18-6-7-19-23(22(18)26)30-31-24(19)25-28-12-20(29-25)14-8-15(27-11-14)10-21(33)34-2/h4-5,8-9,12,15,18-19,22-24,27,30-32H,3,6-7,10-11H2,1-2H3,(H,28,29)/t15-,18?,19?,22?,23?,24?/m1/s1. The van der Waals surface area contributed by atoms with Gasteiger partial charge in [0.1, 0.15) is 17.7 Å². The van der Waals surface area contributed by atoms with Crippen LogP contribution in [0.3, 0.4) is 0 Å². The number of H-pyrrole nitrogens is 1. The van der Waals surface area contributed by atoms with Gasteiger partial charge >= 0.3 is 5.97 Å². The summed E-state index contributed by atoms with van der Waals surface area (Å²) in [6, 6.07) is 4.81. The Morgan fingerprint density at radius 3 is 2.94 bits per heavy atom. The van der Waals surface area contributed by atoms with Crippen LogP contribution in [-0.2, 0) is 16.0 Å². The van der Waals surface area contributed by atoms with Gasteiger partial charge in [-0.15, -0.1) is 0 Å². The number of carbonyl (C=O) groups excluding carboxylic acids is 1. The van der Waals surface area contributed by atoms with Crippen LogP contribution >= 0.6 is 0 Å². The molecule has 2 aromatic rings. The maximum absolute atomic E-state index is 15.8. The number of halogens is 1. The summed E-state index contributed by atoms with van der Waals surface area (Å²) in [7, 11) is 1.39. The molecule has 5 rings (SSSR count). The average molecular weight is 470 g/mol. The number of hydrogen-bond donors (Lipinski definition) is 5. The molecule has 9 heteroatoms. The molecule has 1 saturated heterocycles. The third-order valence-electron chi connectivity index (χ3n) is 7.55. The first kappa shape index (κ1) is 23.0. The van der Waals surface area contributed by atoms with E-state index >= 15 is 4.39 Å². The number of hydrogen-bond acceptors (Lipinski definition) is 7. The van der Waals surface area contributed by atoms with Crippen LogP contribution in [0.2, 0.25) is 0 Å². The van der Waals surface area contributed by atoms with Gasteiger partial charge in [-0.2, -0.15) is 0 Å². The van der Waals surface area contributed by atoms with E-state index in [1.807, 2.05) is 19.1 Å². The lowest BCUT2D eigenvalue weighted by molar-refractivity contribution is -0.140. The van der Waals surface area contributed by atoms with Crippen molar-refractivity contribution in [1.29, 1.82) is 0 Å². The SMILES string of the molecule is CCc1cc(O)ccc1C1CCC2C(c3ncc(C4=C[C@H](CC(=O)OC)NC4)[nH]3)NNC2C1F. The highest BCUT2D eigenvalue weighted by molar-refractivity contribution is 5.73. The van der Waals surface area contributed by atoms with Crippen molar-refractivity contribution < 1.29 is 19.0 Å². The van der Waals surface area contributed by atoms with Crippen LogP contribution in [0.1, 0.15) is 60.8 Å². The zero-order valence-corrected chi connectivity index (χ0v) is 19.5. The zero-order valence-electron chi connectivity index (χ0n) is 19.5. The molecular formula is C25H32FN5O3. The highest BCUT2D eigenvalue weighted by atomic mass is 19.1. The van der Waals surface area contributed by atoms with Gasteiger partial charge in [-0.1, -0.05) is 19.1 Å². The van der Waals surface area contributed by atoms with Gasteiger partial charge in [-0.25, -0.2) is 14.8 Å². The van der Waals surface area contributed by atoms with E-state index in [-0.39, 0.29) is 41.7 Å². The van der Waals surface area contributed by atoms with Gasteiger partial charge in [-0.3, -0.25) is 10.2 Å². The number of phenolic OH excluding ortho intramolecular Hbond substituents is 1. The summed E-state index contributed by atoms with van der Waals surface area (Å²) in [4.78, 5) is 19.6. The summed E-state index contributed by atoms with van der Waals surface area (Å²) in [5.74, 6) is 0.649. The quantitative estimate of drug-likeness (QED) is 0.414. The minimum Gasteiger partial charge on any atom is -0.508 e. The highest BCUT2D eigenvalue weighted by Crippen LogP contribution is 2.45. The predicted molar refractivity (Wildman–Crippen MR) is 126 cm³/mol. The number of esters is 1. The van der Waals surface area contributed by atoms with E-state index in [1.165, 1.54) is 7.11 Å². The van der Waals surface area contributed by atoms with Gasteiger partial charge in [0.25, 0.3) is 0 Å². The number of imidazole rings is 1. The molecule has 5 N–H and O–H groups in total. The number of alkyl halides is 1. The largest absolute Gasteiger partial charge is 0.508 e. The normalized spacial score (nSPS) is 30.7. The number of fused-ring (bicyclic) bond motifs is 1. The molecule has 5 unspecified atom stereocenters. The van der Waals surface area contributed by atoms with Crippen LogP contribution in [0.15, 0.2) is 30.5 Å². The number of aromatic nitrogens is 2. The number of aryl methyl sites for hydroxylation is 1. The minimum atomic E-state index is -1.04. The van der Waals surface area contributed by atoms with E-state index in [2.05, 4.69) is 26.1 Å². The van der Waals surface area contributed by atoms with E-state index < -0.39 is 6.17 Å². The average Bonchev–Trinajstić information content (AvgIpc) is 3.58. The molecule has 8 nitrogen and oxygen atoms in total. The molecule has 0 amide bonds. The molecule has 1 aromatic carbocycles. The van der Waals surface area contributed by atoms with Crippen molar-refractivity contribution in [3.8, 4) is 5.75 Å². The van der Waals surface area contributed by atoms with E-state index in [0.29, 0.717) is 13.0 Å². The van der Waals surface area contributed by atoms with Crippen LogP contribution in [0.4, 0.5) is 4.39 Å². The van der Waals surface area contributed by atoms with Crippen molar-refractivity contribution in [2.24, 2.45) is 5.92 Å². The van der Waals surface area contributed by atoms with Crippen molar-refractivity contribution in [1.82, 2.24) is 26.1 Å². The highest BCUT2D eigenvalue weighted by Gasteiger charge is 2.48. The maximum Gasteiger partial charge on any atom is 0.307 e. The van der Waals surface area contributed by atoms with Gasteiger partial charge < -0.3 is 20.1 Å². The van der Waals surface area contributed by atoms with E-state index in [4.69, 9.17) is 4.74 Å². The second-order valence-electron chi connectivity index (χ2n) is 9.46. The van der Waals surface area contributed by atoms with Gasteiger partial charge in [0, 0.05) is 24.4 Å². The summed E-state index contributed by atoms with van der Waals surface area (Å²) < 4.78 is 20.5. The Morgan fingerprint density at radius 1 is 1.29 bits per heavy atom. The van der Waals surface area contributed by atoms with Crippen LogP contribution in [0.25, 0.3) is 5.57 Å². The lowest BCUT2D eigenvalue weighted by Gasteiger charge is -2.36. The fourth-order valence-electron chi connectivity index (χ4n) is 5.75. The lowest BCUT2D eigenvalue weighted by atomic mass is 9.71. The number of hydrazine groups is 1. The van der Waals surface area contributed by atoms with Crippen molar-refractivity contribution in [3.05, 3.63) is 53.1 Å². The Bertz CT molecular complexity index is 1090. The summed E-state index contributed by atoms with van der Waals surface area (Å²) in [5, 5.41) is 13.1. The topological polar surface area (TPSA) is 111 Å². The summed E-state index contributed by atoms with van der Waals surface area (Å²) in [6.07, 6.45) is 5.46. The Kier molecular flexibility index (Phi) is 6.42. The van der Waals surface area contributed by atoms with Gasteiger partial charge in [-0.05, 0) is 48.1 Å². The van der Waals surface area contributed by atoms with Crippen molar-refractivity contribution in [2.75, 3.05) is 13.7 Å². The molecule has 0 bridgehead atoms. The third kappa shape index (κ3) is 4.23. The summed E-state index contributed by atoms with van der Waals surface area (Å²) >= 11 is 0. The fourth-order valence-corrected chi connectivity index (χ4v) is 5.75. The Hall–Kier alpha value is -2.75. The fraction of sp³-hybridized carbons (Fsp3) is 0.520. The number of methoxy groups -OCH3 is 1. The Morgan fingerprint density at radius 2 is 2.15 bits per heavy atom. The monoisotopic (exact) mass is 469 g/mol. The van der Waals surface area contributed by atoms with Crippen LogP contribution in [0.5, 0.6) is 5.75 Å². The molecule has 1 aliphatic carbocycles. The zero-order chi connectivity index (χ0) is 23.8. The molecule has 0 spiro atoms. The molecule has 6 atom stereocenters. The number of aromatic amines is 1. The number of benzene rings is 1. The van der Waals surface area contributed by atoms with Crippen LogP contribution in [-0.4, -0.2) is 53.0 Å². The molecule has 3 heterocycles. The molecule has 1 aromatic heterocycles. The molecule has 3 aliphatic rings. The molecule has 34 heavy (non-hydrogen) atoms. The van der Waals surface area contributed by atoms with Crippen LogP contribution in [0, 0.1) is 5.92 Å². The van der Waals surface area contributed by atoms with Crippen molar-refractivity contribution in [3.63, 3.8) is 0 Å². The predicted octanol–water partition coefficient (Wildman–Crippen LogP) is 2.65. The Labute approximate surface area is 198 Å². The number of nitrogens with zero attached hydrogens (tertiary/aromatic N) is 1. The second kappa shape index (κ2) is 9.48. The molecular weight excluding hydrogens is 437 g/mol. The number of ether oxygens (including phenoxy) is 1. The number of carbonyl (C=O) groups is 1. The van der Waals surface area contributed by atoms with E-state index in [9.17, 15) is 9.90 Å². The van der Waals surface area contributed by atoms with E-state index in [1.54, 1.807) is 18.3 Å². The molecule has 182 valence electrons. The first-order chi connectivity index (χ1) is 16.5. The first-order valence-corrected chi connectivity index (χ1v) is 12.0. The molecule has 2 fully saturated rings. The van der Waals surface area contributed by atoms with Gasteiger partial charge in [0.05, 0.1) is 37.5 Å². The van der Waals surface area contributed by atoms with Crippen molar-refractivity contribution >= 4 is 11.5 Å². The lowest BCUT2D eigenvalue weighted by Crippen LogP contribution is -2.45. The minimum absolute atomic E-state index is 0.0552. The number of aromatic hydroxyl groups is 1. The summed E-state index contributed by atoms with van der Waals surface area (Å²) in [5.41, 5.74) is 10.5.